The van der Waals surface area contributed by atoms with Crippen LogP contribution in [0, 0.1) is 11.3 Å². The summed E-state index contributed by atoms with van der Waals surface area (Å²) in [5, 5.41) is 4.00. The van der Waals surface area contributed by atoms with Crippen LogP contribution in [0.3, 0.4) is 0 Å². The summed E-state index contributed by atoms with van der Waals surface area (Å²) in [5.74, 6) is 1.53. The van der Waals surface area contributed by atoms with Gasteiger partial charge in [-0.3, -0.25) is 4.21 Å². The van der Waals surface area contributed by atoms with Crippen LogP contribution >= 0.6 is 0 Å². The zero-order chi connectivity index (χ0) is 14.5. The summed E-state index contributed by atoms with van der Waals surface area (Å²) in [6.45, 7) is 12.4. The molecule has 0 heterocycles. The monoisotopic (exact) mass is 287 g/mol. The molecule has 0 radical (unpaired) electrons. The predicted molar refractivity (Wildman–Crippen MR) is 86.0 cm³/mol. The molecule has 0 aromatic carbocycles. The molecule has 114 valence electrons. The highest BCUT2D eigenvalue weighted by molar-refractivity contribution is 7.85. The summed E-state index contributed by atoms with van der Waals surface area (Å²) < 4.78 is 12.4. The van der Waals surface area contributed by atoms with E-state index in [4.69, 9.17) is 0 Å². The van der Waals surface area contributed by atoms with Crippen molar-refractivity contribution >= 4 is 10.8 Å². The van der Waals surface area contributed by atoms with E-state index in [1.165, 1.54) is 19.3 Å². The highest BCUT2D eigenvalue weighted by Crippen LogP contribution is 2.41. The standard InChI is InChI=1S/C16H33NOS/c1-6-11-17-14-10-9-13(16(4,5)7-2)12-15(14)19(18)8-3/h13-15,17H,6-12H2,1-5H3. The molecule has 0 aromatic rings. The van der Waals surface area contributed by atoms with Crippen LogP contribution < -0.4 is 5.32 Å². The largest absolute Gasteiger partial charge is 0.313 e. The van der Waals surface area contributed by atoms with Gasteiger partial charge in [0.25, 0.3) is 0 Å². The Balaban J connectivity index is 2.73. The predicted octanol–water partition coefficient (Wildman–Crippen LogP) is 3.73. The van der Waals surface area contributed by atoms with E-state index in [1.54, 1.807) is 0 Å². The molecule has 1 fully saturated rings. The van der Waals surface area contributed by atoms with Crippen molar-refractivity contribution in [3.8, 4) is 0 Å². The lowest BCUT2D eigenvalue weighted by Gasteiger charge is -2.43. The molecule has 1 saturated carbocycles. The Hall–Kier alpha value is 0.110. The molecular weight excluding hydrogens is 254 g/mol. The SMILES string of the molecule is CCCNC1CCC(C(C)(C)CC)CC1S(=O)CC. The van der Waals surface area contributed by atoms with Crippen molar-refractivity contribution < 1.29 is 4.21 Å². The van der Waals surface area contributed by atoms with E-state index in [9.17, 15) is 4.21 Å². The molecule has 19 heavy (non-hydrogen) atoms. The van der Waals surface area contributed by atoms with Crippen LogP contribution in [0.15, 0.2) is 0 Å². The molecule has 1 N–H and O–H groups in total. The van der Waals surface area contributed by atoms with E-state index in [2.05, 4.69) is 39.9 Å². The Morgan fingerprint density at radius 3 is 2.42 bits per heavy atom. The van der Waals surface area contributed by atoms with E-state index < -0.39 is 10.8 Å². The van der Waals surface area contributed by atoms with Gasteiger partial charge in [-0.05, 0) is 43.6 Å². The molecule has 0 spiro atoms. The number of rotatable bonds is 7. The second-order valence-corrected chi connectivity index (χ2v) is 8.56. The molecule has 0 aromatic heterocycles. The van der Waals surface area contributed by atoms with Gasteiger partial charge in [0, 0.05) is 22.6 Å². The maximum Gasteiger partial charge on any atom is 0.0503 e. The number of hydrogen-bond donors (Lipinski definition) is 1. The third kappa shape index (κ3) is 4.56. The minimum atomic E-state index is -0.667. The maximum atomic E-state index is 12.4. The molecule has 0 amide bonds. The summed E-state index contributed by atoms with van der Waals surface area (Å²) in [5.41, 5.74) is 0.395. The van der Waals surface area contributed by atoms with Gasteiger partial charge in [-0.1, -0.05) is 41.0 Å². The summed E-state index contributed by atoms with van der Waals surface area (Å²) in [7, 11) is -0.667. The average molecular weight is 288 g/mol. The zero-order valence-electron chi connectivity index (χ0n) is 13.5. The summed E-state index contributed by atoms with van der Waals surface area (Å²) in [6.07, 6.45) is 6.01. The normalized spacial score (nSPS) is 30.3. The molecule has 0 bridgehead atoms. The third-order valence-electron chi connectivity index (χ3n) is 5.09. The molecule has 4 atom stereocenters. The summed E-state index contributed by atoms with van der Waals surface area (Å²) in [4.78, 5) is 0. The maximum absolute atomic E-state index is 12.4. The molecule has 1 aliphatic carbocycles. The van der Waals surface area contributed by atoms with Crippen molar-refractivity contribution in [3.63, 3.8) is 0 Å². The van der Waals surface area contributed by atoms with Crippen molar-refractivity contribution in [2.75, 3.05) is 12.3 Å². The van der Waals surface area contributed by atoms with Crippen LogP contribution in [0.1, 0.15) is 66.7 Å². The van der Waals surface area contributed by atoms with Crippen LogP contribution in [0.2, 0.25) is 0 Å². The Morgan fingerprint density at radius 1 is 1.21 bits per heavy atom. The van der Waals surface area contributed by atoms with Gasteiger partial charge >= 0.3 is 0 Å². The fourth-order valence-electron chi connectivity index (χ4n) is 3.20. The fourth-order valence-corrected chi connectivity index (χ4v) is 4.67. The van der Waals surface area contributed by atoms with E-state index in [0.29, 0.717) is 16.7 Å². The van der Waals surface area contributed by atoms with Crippen LogP contribution in [-0.2, 0) is 10.8 Å². The van der Waals surface area contributed by atoms with Gasteiger partial charge in [0.05, 0.1) is 5.25 Å². The van der Waals surface area contributed by atoms with Crippen molar-refractivity contribution in [2.45, 2.75) is 78.0 Å². The van der Waals surface area contributed by atoms with E-state index >= 15 is 0 Å². The van der Waals surface area contributed by atoms with Crippen LogP contribution in [0.25, 0.3) is 0 Å². The van der Waals surface area contributed by atoms with Gasteiger partial charge in [0.15, 0.2) is 0 Å². The molecule has 4 unspecified atom stereocenters. The lowest BCUT2D eigenvalue weighted by Crippen LogP contribution is -2.49. The van der Waals surface area contributed by atoms with Crippen molar-refractivity contribution in [1.29, 1.82) is 0 Å². The van der Waals surface area contributed by atoms with E-state index in [-0.39, 0.29) is 0 Å². The van der Waals surface area contributed by atoms with Gasteiger partial charge in [0.2, 0.25) is 0 Å². The second kappa shape index (κ2) is 7.78. The molecule has 3 heteroatoms. The first-order chi connectivity index (χ1) is 8.96. The topological polar surface area (TPSA) is 29.1 Å². The Bertz CT molecular complexity index is 290. The first kappa shape index (κ1) is 17.2. The van der Waals surface area contributed by atoms with Crippen LogP contribution in [0.4, 0.5) is 0 Å². The summed E-state index contributed by atoms with van der Waals surface area (Å²) >= 11 is 0. The molecule has 1 rings (SSSR count). The summed E-state index contributed by atoms with van der Waals surface area (Å²) in [6, 6.07) is 0.477. The highest BCUT2D eigenvalue weighted by atomic mass is 32.2. The Morgan fingerprint density at radius 2 is 1.89 bits per heavy atom. The zero-order valence-corrected chi connectivity index (χ0v) is 14.3. The third-order valence-corrected chi connectivity index (χ3v) is 6.85. The van der Waals surface area contributed by atoms with Crippen molar-refractivity contribution in [2.24, 2.45) is 11.3 Å². The molecule has 0 saturated heterocycles. The minimum Gasteiger partial charge on any atom is -0.313 e. The Labute approximate surface area is 122 Å². The molecule has 0 aliphatic heterocycles. The molecule has 1 aliphatic rings. The molecular formula is C16H33NOS. The lowest BCUT2D eigenvalue weighted by molar-refractivity contribution is 0.140. The van der Waals surface area contributed by atoms with Gasteiger partial charge in [-0.2, -0.15) is 0 Å². The quantitative estimate of drug-likeness (QED) is 0.773. The lowest BCUT2D eigenvalue weighted by atomic mass is 9.68. The van der Waals surface area contributed by atoms with Crippen LogP contribution in [0.5, 0.6) is 0 Å². The average Bonchev–Trinajstić information content (AvgIpc) is 2.43. The fraction of sp³-hybridized carbons (Fsp3) is 1.00. The molecule has 2 nitrogen and oxygen atoms in total. The van der Waals surface area contributed by atoms with Crippen molar-refractivity contribution in [3.05, 3.63) is 0 Å². The van der Waals surface area contributed by atoms with Gasteiger partial charge < -0.3 is 5.32 Å². The number of hydrogen-bond acceptors (Lipinski definition) is 2. The van der Waals surface area contributed by atoms with Gasteiger partial charge in [-0.25, -0.2) is 0 Å². The van der Waals surface area contributed by atoms with Gasteiger partial charge in [0.1, 0.15) is 0 Å². The van der Waals surface area contributed by atoms with Gasteiger partial charge in [-0.15, -0.1) is 0 Å². The smallest absolute Gasteiger partial charge is 0.0503 e. The first-order valence-corrected chi connectivity index (χ1v) is 9.45. The highest BCUT2D eigenvalue weighted by Gasteiger charge is 2.38. The number of nitrogens with one attached hydrogen (secondary N) is 1. The minimum absolute atomic E-state index is 0.362. The second-order valence-electron chi connectivity index (χ2n) is 6.62. The van der Waals surface area contributed by atoms with Crippen LogP contribution in [-0.4, -0.2) is 27.8 Å². The van der Waals surface area contributed by atoms with E-state index in [0.717, 1.165) is 31.1 Å². The Kier molecular flexibility index (Phi) is 7.02. The van der Waals surface area contributed by atoms with E-state index in [1.807, 2.05) is 0 Å². The van der Waals surface area contributed by atoms with Crippen molar-refractivity contribution in [1.82, 2.24) is 5.32 Å². The first-order valence-electron chi connectivity index (χ1n) is 8.06.